The van der Waals surface area contributed by atoms with Gasteiger partial charge in [-0.15, -0.1) is 17.8 Å². The monoisotopic (exact) mass is 486 g/mol. The molecule has 3 heterocycles. The minimum absolute atomic E-state index is 0.151. The molecule has 34 heavy (non-hydrogen) atoms. The van der Waals surface area contributed by atoms with Gasteiger partial charge >= 0.3 is 6.18 Å². The van der Waals surface area contributed by atoms with Gasteiger partial charge in [0.15, 0.2) is 0 Å². The average molecular weight is 487 g/mol. The number of hydrogen-bond donors (Lipinski definition) is 1. The minimum Gasteiger partial charge on any atom is -0.367 e. The van der Waals surface area contributed by atoms with Crippen LogP contribution in [-0.4, -0.2) is 40.2 Å². The van der Waals surface area contributed by atoms with Crippen LogP contribution in [0.4, 0.5) is 23.4 Å². The molecule has 9 heteroatoms. The van der Waals surface area contributed by atoms with Crippen molar-refractivity contribution in [1.29, 1.82) is 0 Å². The molecule has 3 aromatic rings. The smallest absolute Gasteiger partial charge is 0.367 e. The van der Waals surface area contributed by atoms with Gasteiger partial charge in [0, 0.05) is 48.1 Å². The number of anilines is 1. The number of benzene rings is 1. The van der Waals surface area contributed by atoms with Crippen molar-refractivity contribution in [3.05, 3.63) is 57.5 Å². The number of nitrogens with one attached hydrogen (secondary N) is 1. The summed E-state index contributed by atoms with van der Waals surface area (Å²) in [5, 5.41) is 4.03. The van der Waals surface area contributed by atoms with Gasteiger partial charge in [0.25, 0.3) is 0 Å². The van der Waals surface area contributed by atoms with E-state index in [0.29, 0.717) is 34.6 Å². The number of alkyl halides is 3. The third-order valence-corrected chi connectivity index (χ3v) is 7.30. The van der Waals surface area contributed by atoms with Crippen molar-refractivity contribution in [2.75, 3.05) is 18.4 Å². The van der Waals surface area contributed by atoms with Crippen LogP contribution in [0.25, 0.3) is 16.3 Å². The normalized spacial score (nSPS) is 17.0. The van der Waals surface area contributed by atoms with Gasteiger partial charge in [-0.3, -0.25) is 4.90 Å². The molecular weight excluding hydrogens is 464 g/mol. The minimum atomic E-state index is -4.25. The number of halogens is 4. The molecule has 5 rings (SSSR count). The molecule has 2 aliphatic rings. The van der Waals surface area contributed by atoms with Gasteiger partial charge in [0.2, 0.25) is 0 Å². The lowest BCUT2D eigenvalue weighted by molar-refractivity contribution is -0.126. The topological polar surface area (TPSA) is 41.0 Å². The van der Waals surface area contributed by atoms with E-state index in [0.717, 1.165) is 54.0 Å². The molecule has 0 saturated carbocycles. The molecule has 2 aromatic heterocycles. The lowest BCUT2D eigenvalue weighted by atomic mass is 10.0. The van der Waals surface area contributed by atoms with Crippen LogP contribution in [0.3, 0.4) is 0 Å². The molecular formula is C25H22F4N4S. The van der Waals surface area contributed by atoms with Crippen LogP contribution in [0.1, 0.15) is 34.4 Å². The van der Waals surface area contributed by atoms with Gasteiger partial charge in [-0.2, -0.15) is 13.2 Å². The van der Waals surface area contributed by atoms with E-state index >= 15 is 0 Å². The van der Waals surface area contributed by atoms with Crippen molar-refractivity contribution in [3.63, 3.8) is 0 Å². The van der Waals surface area contributed by atoms with Crippen LogP contribution in [0.2, 0.25) is 0 Å². The van der Waals surface area contributed by atoms with E-state index in [1.54, 1.807) is 6.07 Å². The number of rotatable bonds is 5. The molecule has 0 amide bonds. The molecule has 0 radical (unpaired) electrons. The summed E-state index contributed by atoms with van der Waals surface area (Å²) in [6, 6.07) is 5.30. The van der Waals surface area contributed by atoms with Crippen LogP contribution < -0.4 is 5.32 Å². The summed E-state index contributed by atoms with van der Waals surface area (Å²) in [7, 11) is 0. The van der Waals surface area contributed by atoms with Gasteiger partial charge in [-0.25, -0.2) is 14.4 Å². The van der Waals surface area contributed by atoms with E-state index in [-0.39, 0.29) is 16.7 Å². The van der Waals surface area contributed by atoms with Crippen LogP contribution >= 0.6 is 11.3 Å². The first-order valence-electron chi connectivity index (χ1n) is 11.0. The van der Waals surface area contributed by atoms with E-state index in [1.165, 1.54) is 12.4 Å². The zero-order chi connectivity index (χ0) is 23.9. The third kappa shape index (κ3) is 4.93. The standard InChI is InChI=1S/C25H22F4N4S/c1-2-15-7-17-8-16(10-22(26)20(17)9-15)13-33-5-3-18(4-6-33)32-23-21-11-19(12-25(27,28)29)34-24(21)31-14-30-23/h1,7-8,10-11,14,18H,3-6,9,12-13H2,(H,30,31,32). The zero-order valence-corrected chi connectivity index (χ0v) is 19.1. The Kier molecular flexibility index (Phi) is 6.04. The molecule has 0 bridgehead atoms. The summed E-state index contributed by atoms with van der Waals surface area (Å²) in [6.45, 7) is 2.29. The molecule has 0 unspecified atom stereocenters. The highest BCUT2D eigenvalue weighted by Crippen LogP contribution is 2.33. The highest BCUT2D eigenvalue weighted by molar-refractivity contribution is 7.18. The highest BCUT2D eigenvalue weighted by atomic mass is 32.1. The second kappa shape index (κ2) is 9.01. The summed E-state index contributed by atoms with van der Waals surface area (Å²) in [4.78, 5) is 11.5. The van der Waals surface area contributed by atoms with Gasteiger partial charge < -0.3 is 5.32 Å². The van der Waals surface area contributed by atoms with Crippen molar-refractivity contribution in [2.24, 2.45) is 0 Å². The molecule has 176 valence electrons. The Morgan fingerprint density at radius 3 is 2.71 bits per heavy atom. The maximum Gasteiger partial charge on any atom is 0.393 e. The third-order valence-electron chi connectivity index (χ3n) is 6.26. The Balaban J connectivity index is 1.21. The van der Waals surface area contributed by atoms with E-state index < -0.39 is 12.6 Å². The maximum absolute atomic E-state index is 14.5. The molecule has 0 spiro atoms. The van der Waals surface area contributed by atoms with Crippen molar-refractivity contribution in [2.45, 2.75) is 44.4 Å². The number of hydrogen-bond acceptors (Lipinski definition) is 5. The second-order valence-corrected chi connectivity index (χ2v) is 9.89. The molecule has 1 fully saturated rings. The Morgan fingerprint density at radius 2 is 1.97 bits per heavy atom. The first-order chi connectivity index (χ1) is 16.3. The fourth-order valence-corrected chi connectivity index (χ4v) is 5.66. The van der Waals surface area contributed by atoms with Crippen molar-refractivity contribution in [3.8, 4) is 12.3 Å². The number of piperidine rings is 1. The Bertz CT molecular complexity index is 1300. The van der Waals surface area contributed by atoms with Crippen molar-refractivity contribution < 1.29 is 17.6 Å². The molecule has 1 aliphatic carbocycles. The Hall–Kier alpha value is -2.96. The Morgan fingerprint density at radius 1 is 1.18 bits per heavy atom. The molecule has 1 aliphatic heterocycles. The van der Waals surface area contributed by atoms with Gasteiger partial charge in [0.1, 0.15) is 22.8 Å². The number of allylic oxidation sites excluding steroid dienone is 1. The fourth-order valence-electron chi connectivity index (χ4n) is 4.64. The summed E-state index contributed by atoms with van der Waals surface area (Å²) in [6.07, 6.45) is 5.69. The van der Waals surface area contributed by atoms with Gasteiger partial charge in [-0.1, -0.05) is 5.92 Å². The number of thiophene rings is 1. The lowest BCUT2D eigenvalue weighted by Gasteiger charge is -2.32. The van der Waals surface area contributed by atoms with E-state index in [9.17, 15) is 17.6 Å². The molecule has 4 nitrogen and oxygen atoms in total. The van der Waals surface area contributed by atoms with Crippen molar-refractivity contribution in [1.82, 2.24) is 14.9 Å². The maximum atomic E-state index is 14.5. The summed E-state index contributed by atoms with van der Waals surface area (Å²) >= 11 is 1.05. The Labute approximate surface area is 198 Å². The number of fused-ring (bicyclic) bond motifs is 2. The second-order valence-electron chi connectivity index (χ2n) is 8.78. The van der Waals surface area contributed by atoms with Crippen LogP contribution in [0, 0.1) is 18.2 Å². The van der Waals surface area contributed by atoms with E-state index in [2.05, 4.69) is 26.1 Å². The van der Waals surface area contributed by atoms with Crippen molar-refractivity contribution >= 4 is 33.4 Å². The van der Waals surface area contributed by atoms with E-state index in [1.807, 2.05) is 12.1 Å². The predicted molar refractivity (Wildman–Crippen MR) is 126 cm³/mol. The SMILES string of the molecule is C#CC1=Cc2cc(CN3CCC(Nc4ncnc5sc(CC(F)(F)F)cc45)CC3)cc(F)c2C1. The lowest BCUT2D eigenvalue weighted by Crippen LogP contribution is -2.38. The average Bonchev–Trinajstić information content (AvgIpc) is 3.38. The molecule has 1 aromatic carbocycles. The fraction of sp³-hybridized carbons (Fsp3) is 0.360. The van der Waals surface area contributed by atoms with Crippen LogP contribution in [0.5, 0.6) is 0 Å². The number of likely N-dealkylation sites (tertiary alicyclic amines) is 1. The highest BCUT2D eigenvalue weighted by Gasteiger charge is 2.29. The number of nitrogens with zero attached hydrogens (tertiary/aromatic N) is 3. The summed E-state index contributed by atoms with van der Waals surface area (Å²) in [5.41, 5.74) is 3.26. The zero-order valence-electron chi connectivity index (χ0n) is 18.3. The summed E-state index contributed by atoms with van der Waals surface area (Å²) in [5.74, 6) is 2.97. The molecule has 1 saturated heterocycles. The summed E-state index contributed by atoms with van der Waals surface area (Å²) < 4.78 is 52.9. The first-order valence-corrected chi connectivity index (χ1v) is 11.9. The predicted octanol–water partition coefficient (Wildman–Crippen LogP) is 5.58. The largest absolute Gasteiger partial charge is 0.393 e. The van der Waals surface area contributed by atoms with Crippen LogP contribution in [-0.2, 0) is 19.4 Å². The van der Waals surface area contributed by atoms with Gasteiger partial charge in [0.05, 0.1) is 11.8 Å². The quantitative estimate of drug-likeness (QED) is 0.377. The van der Waals surface area contributed by atoms with Gasteiger partial charge in [-0.05, 0) is 48.2 Å². The molecule has 1 N–H and O–H groups in total. The molecule has 0 atom stereocenters. The first kappa shape index (κ1) is 22.8. The van der Waals surface area contributed by atoms with Crippen LogP contribution in [0.15, 0.2) is 30.1 Å². The number of aromatic nitrogens is 2. The number of terminal acetylenes is 1. The van der Waals surface area contributed by atoms with E-state index in [4.69, 9.17) is 6.42 Å².